The van der Waals surface area contributed by atoms with E-state index in [1.165, 1.54) is 22.3 Å². The minimum atomic E-state index is -0.143. The molecule has 0 radical (unpaired) electrons. The first-order valence-electron chi connectivity index (χ1n) is 25.2. The van der Waals surface area contributed by atoms with Crippen molar-refractivity contribution in [3.8, 4) is 94.7 Å². The topological polar surface area (TPSA) is 0 Å². The monoisotopic (exact) mass is 936 g/mol. The number of hydrogen-bond acceptors (Lipinski definition) is 0. The Morgan fingerprint density at radius 3 is 0.486 bits per heavy atom. The van der Waals surface area contributed by atoms with Crippen LogP contribution in [0.3, 0.4) is 0 Å². The van der Waals surface area contributed by atoms with E-state index in [4.69, 9.17) is 0 Å². The zero-order valence-corrected chi connectivity index (χ0v) is 41.0. The molecule has 4 bridgehead atoms. The lowest BCUT2D eigenvalue weighted by Gasteiger charge is -2.71. The van der Waals surface area contributed by atoms with Crippen molar-refractivity contribution < 1.29 is 0 Å². The fourth-order valence-electron chi connectivity index (χ4n) is 12.4. The second kappa shape index (κ2) is 20.9. The molecule has 8 aromatic rings. The van der Waals surface area contributed by atoms with E-state index in [9.17, 15) is 0 Å². The average molecular weight is 937 g/mol. The largest absolute Gasteiger partial charge is 0.0622 e. The van der Waals surface area contributed by atoms with Crippen LogP contribution >= 0.6 is 0 Å². The van der Waals surface area contributed by atoms with Crippen LogP contribution in [0.25, 0.3) is 0 Å². The maximum absolute atomic E-state index is 3.33. The van der Waals surface area contributed by atoms with E-state index in [2.05, 4.69) is 192 Å². The minimum absolute atomic E-state index is 0.143. The predicted molar refractivity (Wildman–Crippen MR) is 301 cm³/mol. The van der Waals surface area contributed by atoms with Gasteiger partial charge >= 0.3 is 0 Å². The number of hydrogen-bond donors (Lipinski definition) is 0. The molecule has 0 saturated heterocycles. The maximum Gasteiger partial charge on any atom is 0.0255 e. The first-order valence-corrected chi connectivity index (χ1v) is 25.2. The minimum Gasteiger partial charge on any atom is -0.0622 e. The van der Waals surface area contributed by atoms with Gasteiger partial charge < -0.3 is 0 Å². The Bertz CT molecular complexity index is 3320. The van der Waals surface area contributed by atoms with Crippen molar-refractivity contribution in [3.05, 3.63) is 285 Å². The van der Waals surface area contributed by atoms with Crippen molar-refractivity contribution in [3.63, 3.8) is 0 Å². The molecule has 0 heterocycles. The molecule has 0 unspecified atom stereocenters. The van der Waals surface area contributed by atoms with Gasteiger partial charge in [0, 0.05) is 44.5 Å². The van der Waals surface area contributed by atoms with Crippen molar-refractivity contribution >= 4 is 0 Å². The Morgan fingerprint density at radius 2 is 0.324 bits per heavy atom. The highest BCUT2D eigenvalue weighted by atomic mass is 14.7. The first kappa shape index (κ1) is 46.6. The Balaban J connectivity index is 0.995. The molecule has 4 aliphatic carbocycles. The van der Waals surface area contributed by atoms with E-state index in [1.54, 1.807) is 0 Å². The normalized spacial score (nSPS) is 20.0. The van der Waals surface area contributed by atoms with Gasteiger partial charge in [0.05, 0.1) is 0 Å². The fourth-order valence-corrected chi connectivity index (χ4v) is 12.4. The lowest BCUT2D eigenvalue weighted by molar-refractivity contribution is -0.0691. The van der Waals surface area contributed by atoms with Crippen molar-refractivity contribution in [1.29, 1.82) is 0 Å². The van der Waals surface area contributed by atoms with Crippen molar-refractivity contribution in [2.75, 3.05) is 0 Å². The van der Waals surface area contributed by atoms with E-state index in [-0.39, 0.29) is 21.7 Å². The molecule has 0 spiro atoms. The fraction of sp³-hybridized carbons (Fsp3) is 0.135. The van der Waals surface area contributed by atoms with Crippen LogP contribution in [0.4, 0.5) is 0 Å². The molecule has 4 saturated carbocycles. The lowest BCUT2D eigenvalue weighted by atomic mass is 9.32. The Kier molecular flexibility index (Phi) is 13.2. The quantitative estimate of drug-likeness (QED) is 0.154. The summed E-state index contributed by atoms with van der Waals surface area (Å²) in [6.45, 7) is 0. The van der Waals surface area contributed by atoms with Gasteiger partial charge in [-0.25, -0.2) is 0 Å². The van der Waals surface area contributed by atoms with E-state index < -0.39 is 0 Å². The van der Waals surface area contributed by atoms with Crippen LogP contribution in [-0.2, 0) is 21.7 Å². The van der Waals surface area contributed by atoms with Gasteiger partial charge in [-0.1, -0.05) is 169 Å². The van der Waals surface area contributed by atoms with Crippen LogP contribution in [0.2, 0.25) is 0 Å². The van der Waals surface area contributed by atoms with E-state index in [0.717, 1.165) is 83.0 Å². The maximum atomic E-state index is 3.33. The van der Waals surface area contributed by atoms with Crippen molar-refractivity contribution in [1.82, 2.24) is 0 Å². The summed E-state index contributed by atoms with van der Waals surface area (Å²) in [7, 11) is 0. The van der Waals surface area contributed by atoms with Crippen LogP contribution < -0.4 is 0 Å². The third kappa shape index (κ3) is 10.3. The molecule has 344 valence electrons. The molecule has 8 aromatic carbocycles. The Morgan fingerprint density at radius 1 is 0.176 bits per heavy atom. The summed E-state index contributed by atoms with van der Waals surface area (Å²) in [4.78, 5) is 0. The molecule has 4 aliphatic rings. The highest BCUT2D eigenvalue weighted by Gasteiger charge is 2.69. The number of rotatable bonds is 4. The van der Waals surface area contributed by atoms with Crippen LogP contribution in [0.15, 0.2) is 218 Å². The van der Waals surface area contributed by atoms with Crippen LogP contribution in [0, 0.1) is 94.7 Å². The summed E-state index contributed by atoms with van der Waals surface area (Å²) in [5, 5.41) is 0. The third-order valence-electron chi connectivity index (χ3n) is 15.0. The zero-order chi connectivity index (χ0) is 49.9. The third-order valence-corrected chi connectivity index (χ3v) is 15.0. The molecule has 0 heteroatoms. The van der Waals surface area contributed by atoms with Crippen molar-refractivity contribution in [2.45, 2.75) is 60.2 Å². The summed E-state index contributed by atoms with van der Waals surface area (Å²) < 4.78 is 0. The summed E-state index contributed by atoms with van der Waals surface area (Å²) in [5.74, 6) is 50.7. The molecule has 0 atom stereocenters. The standard InChI is InChI=1S/C74H48/c1-5-21-59(22-6-1)29-13-17-33-63-37-45-67(46-38-63)71-53-72(68-47-39-64(40-48-68)34-18-14-30-60-23-7-2-8-24-60)56-73(54-71,69-49-41-65(42-50-69)35-19-15-31-61-25-9-3-10-26-61)58-74(55-71,57-72)70-51-43-66(44-52-70)36-20-16-32-62-27-11-4-12-28-62/h1-12,21-28,37-52H,53-58H2. The molecule has 0 aromatic heterocycles. The Hall–Kier alpha value is -9.76. The molecule has 0 N–H and O–H groups in total. The van der Waals surface area contributed by atoms with E-state index >= 15 is 0 Å². The molecule has 0 aliphatic heterocycles. The molecule has 4 fully saturated rings. The smallest absolute Gasteiger partial charge is 0.0255 e. The summed E-state index contributed by atoms with van der Waals surface area (Å²) in [6.07, 6.45) is 6.24. The van der Waals surface area contributed by atoms with Crippen LogP contribution in [0.5, 0.6) is 0 Å². The molecule has 0 amide bonds. The van der Waals surface area contributed by atoms with Gasteiger partial charge in [-0.15, -0.1) is 0 Å². The highest BCUT2D eigenvalue weighted by molar-refractivity contribution is 5.55. The molecular weight excluding hydrogens is 889 g/mol. The Labute approximate surface area is 437 Å². The molecular formula is C74H48. The van der Waals surface area contributed by atoms with Gasteiger partial charge in [-0.05, 0) is 227 Å². The van der Waals surface area contributed by atoms with Gasteiger partial charge in [-0.2, -0.15) is 0 Å². The van der Waals surface area contributed by atoms with Gasteiger partial charge in [-0.3, -0.25) is 0 Å². The van der Waals surface area contributed by atoms with Gasteiger partial charge in [0.2, 0.25) is 0 Å². The second-order valence-electron chi connectivity index (χ2n) is 20.0. The average Bonchev–Trinajstić information content (AvgIpc) is 3.45. The SMILES string of the molecule is C(C#Cc1ccc(C23CC4(c5ccc(C#CC#Cc6ccccc6)cc5)CC(c5ccc(C#CC#Cc6ccccc6)cc5)(C2)CC(c2ccc(C#CC#Cc5ccccc5)cc2)(C3)C4)cc1)#Cc1ccccc1. The van der Waals surface area contributed by atoms with E-state index in [0.29, 0.717) is 0 Å². The molecule has 12 rings (SSSR count). The van der Waals surface area contributed by atoms with Crippen LogP contribution in [0.1, 0.15) is 105 Å². The van der Waals surface area contributed by atoms with Gasteiger partial charge in [0.15, 0.2) is 0 Å². The number of benzene rings is 8. The second-order valence-corrected chi connectivity index (χ2v) is 20.0. The summed E-state index contributed by atoms with van der Waals surface area (Å²) in [5.41, 5.74) is 12.6. The first-order chi connectivity index (χ1) is 36.5. The highest BCUT2D eigenvalue weighted by Crippen LogP contribution is 2.74. The van der Waals surface area contributed by atoms with Crippen molar-refractivity contribution in [2.24, 2.45) is 0 Å². The van der Waals surface area contributed by atoms with Crippen LogP contribution in [-0.4, -0.2) is 0 Å². The predicted octanol–water partition coefficient (Wildman–Crippen LogP) is 13.7. The summed E-state index contributed by atoms with van der Waals surface area (Å²) in [6, 6.07) is 76.5. The molecule has 74 heavy (non-hydrogen) atoms. The van der Waals surface area contributed by atoms with E-state index in [1.807, 2.05) is 121 Å². The van der Waals surface area contributed by atoms with Gasteiger partial charge in [0.1, 0.15) is 0 Å². The summed E-state index contributed by atoms with van der Waals surface area (Å²) >= 11 is 0. The zero-order valence-electron chi connectivity index (χ0n) is 41.0. The lowest BCUT2D eigenvalue weighted by Crippen LogP contribution is -2.67. The van der Waals surface area contributed by atoms with Gasteiger partial charge in [0.25, 0.3) is 0 Å². The molecule has 0 nitrogen and oxygen atoms in total.